The number of carboxylic acids is 1. The predicted molar refractivity (Wildman–Crippen MR) is 93.5 cm³/mol. The van der Waals surface area contributed by atoms with Crippen LogP contribution in [0.1, 0.15) is 32.7 Å². The van der Waals surface area contributed by atoms with E-state index in [1.54, 1.807) is 42.6 Å². The van der Waals surface area contributed by atoms with E-state index in [2.05, 4.69) is 10.3 Å². The van der Waals surface area contributed by atoms with Crippen molar-refractivity contribution in [3.8, 4) is 5.88 Å². The van der Waals surface area contributed by atoms with Crippen molar-refractivity contribution in [3.05, 3.63) is 59.3 Å². The van der Waals surface area contributed by atoms with Crippen LogP contribution in [0.25, 0.3) is 0 Å². The molecule has 1 saturated heterocycles. The van der Waals surface area contributed by atoms with E-state index in [4.69, 9.17) is 14.6 Å². The lowest BCUT2D eigenvalue weighted by atomic mass is 10.1. The topological polar surface area (TPSA) is 97.8 Å². The number of pyridine rings is 1. The zero-order chi connectivity index (χ0) is 18.4. The number of hydrogen-bond acceptors (Lipinski definition) is 5. The van der Waals surface area contributed by atoms with Gasteiger partial charge in [0.15, 0.2) is 0 Å². The van der Waals surface area contributed by atoms with Crippen LogP contribution in [-0.2, 0) is 11.2 Å². The Hall–Kier alpha value is -2.93. The van der Waals surface area contributed by atoms with E-state index in [1.165, 1.54) is 0 Å². The fourth-order valence-electron chi connectivity index (χ4n) is 2.63. The second kappa shape index (κ2) is 8.44. The Balaban J connectivity index is 1.50. The number of carbonyl (C=O) groups is 2. The number of aromatic nitrogens is 1. The number of carboxylic acid groups (broad SMARTS) is 1. The van der Waals surface area contributed by atoms with Crippen LogP contribution in [0, 0.1) is 0 Å². The van der Waals surface area contributed by atoms with Gasteiger partial charge in [0.1, 0.15) is 6.10 Å². The minimum atomic E-state index is -0.954. The average Bonchev–Trinajstić information content (AvgIpc) is 3.15. The number of amides is 1. The summed E-state index contributed by atoms with van der Waals surface area (Å²) in [7, 11) is 0. The second-order valence-corrected chi connectivity index (χ2v) is 5.99. The number of rotatable bonds is 7. The van der Waals surface area contributed by atoms with E-state index < -0.39 is 5.97 Å². The van der Waals surface area contributed by atoms with Gasteiger partial charge < -0.3 is 19.9 Å². The van der Waals surface area contributed by atoms with Crippen LogP contribution in [0.15, 0.2) is 42.6 Å². The summed E-state index contributed by atoms with van der Waals surface area (Å²) < 4.78 is 11.0. The van der Waals surface area contributed by atoms with Gasteiger partial charge in [-0.2, -0.15) is 0 Å². The van der Waals surface area contributed by atoms with Crippen molar-refractivity contribution in [2.24, 2.45) is 0 Å². The Labute approximate surface area is 151 Å². The molecule has 1 unspecified atom stereocenters. The molecule has 0 saturated carbocycles. The quantitative estimate of drug-likeness (QED) is 0.787. The lowest BCUT2D eigenvalue weighted by Gasteiger charge is -2.11. The minimum absolute atomic E-state index is 0.0189. The maximum Gasteiger partial charge on any atom is 0.335 e. The van der Waals surface area contributed by atoms with Gasteiger partial charge in [-0.15, -0.1) is 0 Å². The van der Waals surface area contributed by atoms with Crippen molar-refractivity contribution >= 4 is 11.9 Å². The first-order valence-corrected chi connectivity index (χ1v) is 8.43. The van der Waals surface area contributed by atoms with Crippen LogP contribution in [0.2, 0.25) is 0 Å². The highest BCUT2D eigenvalue weighted by Gasteiger charge is 2.18. The van der Waals surface area contributed by atoms with Gasteiger partial charge in [0.25, 0.3) is 5.91 Å². The summed E-state index contributed by atoms with van der Waals surface area (Å²) in [5, 5.41) is 11.7. The third-order valence-corrected chi connectivity index (χ3v) is 4.07. The summed E-state index contributed by atoms with van der Waals surface area (Å²) in [5.74, 6) is -0.746. The highest BCUT2D eigenvalue weighted by molar-refractivity contribution is 5.94. The van der Waals surface area contributed by atoms with E-state index in [0.29, 0.717) is 37.6 Å². The molecule has 1 amide bonds. The molecule has 1 aliphatic rings. The smallest absolute Gasteiger partial charge is 0.335 e. The molecule has 2 N–H and O–H groups in total. The van der Waals surface area contributed by atoms with Crippen LogP contribution in [0.5, 0.6) is 5.88 Å². The van der Waals surface area contributed by atoms with Gasteiger partial charge in [-0.1, -0.05) is 12.1 Å². The first kappa shape index (κ1) is 17.9. The van der Waals surface area contributed by atoms with E-state index in [0.717, 1.165) is 12.0 Å². The molecule has 3 rings (SSSR count). The fraction of sp³-hybridized carbons (Fsp3) is 0.316. The van der Waals surface area contributed by atoms with Gasteiger partial charge in [0, 0.05) is 30.8 Å². The third kappa shape index (κ3) is 4.80. The van der Waals surface area contributed by atoms with E-state index >= 15 is 0 Å². The molecule has 1 atom stereocenters. The number of benzene rings is 1. The maximum absolute atomic E-state index is 12.3. The number of aromatic carboxylic acids is 1. The number of ether oxygens (including phenoxy) is 2. The zero-order valence-corrected chi connectivity index (χ0v) is 14.2. The molecule has 0 radical (unpaired) electrons. The molecule has 7 heteroatoms. The van der Waals surface area contributed by atoms with Crippen molar-refractivity contribution in [2.45, 2.75) is 18.9 Å². The van der Waals surface area contributed by atoms with Crippen molar-refractivity contribution in [1.29, 1.82) is 0 Å². The van der Waals surface area contributed by atoms with Gasteiger partial charge in [0.05, 0.1) is 18.8 Å². The highest BCUT2D eigenvalue weighted by Crippen LogP contribution is 2.15. The molecular weight excluding hydrogens is 336 g/mol. The molecule has 0 spiro atoms. The maximum atomic E-state index is 12.3. The highest BCUT2D eigenvalue weighted by atomic mass is 16.5. The summed E-state index contributed by atoms with van der Waals surface area (Å²) >= 11 is 0. The largest absolute Gasteiger partial charge is 0.478 e. The van der Waals surface area contributed by atoms with Gasteiger partial charge in [0.2, 0.25) is 5.88 Å². The SMILES string of the molecule is O=C(O)c1ccc(CCNC(=O)c2ccnc(OC3CCOC3)c2)cc1. The summed E-state index contributed by atoms with van der Waals surface area (Å²) in [5.41, 5.74) is 1.68. The Morgan fingerprint density at radius 2 is 2.04 bits per heavy atom. The monoisotopic (exact) mass is 356 g/mol. The molecule has 26 heavy (non-hydrogen) atoms. The Morgan fingerprint density at radius 3 is 2.73 bits per heavy atom. The third-order valence-electron chi connectivity index (χ3n) is 4.07. The minimum Gasteiger partial charge on any atom is -0.478 e. The number of hydrogen-bond donors (Lipinski definition) is 2. The molecular formula is C19H20N2O5. The number of nitrogens with zero attached hydrogens (tertiary/aromatic N) is 1. The Bertz CT molecular complexity index is 770. The molecule has 2 heterocycles. The van der Waals surface area contributed by atoms with Crippen molar-refractivity contribution in [1.82, 2.24) is 10.3 Å². The Morgan fingerprint density at radius 1 is 1.23 bits per heavy atom. The molecule has 1 aliphatic heterocycles. The van der Waals surface area contributed by atoms with Gasteiger partial charge in [-0.3, -0.25) is 4.79 Å². The predicted octanol–water partition coefficient (Wildman–Crippen LogP) is 1.92. The lowest BCUT2D eigenvalue weighted by Crippen LogP contribution is -2.26. The molecule has 136 valence electrons. The number of carbonyl (C=O) groups excluding carboxylic acids is 1. The summed E-state index contributed by atoms with van der Waals surface area (Å²) in [4.78, 5) is 27.2. The van der Waals surface area contributed by atoms with Gasteiger partial charge in [-0.05, 0) is 30.2 Å². The van der Waals surface area contributed by atoms with E-state index in [9.17, 15) is 9.59 Å². The average molecular weight is 356 g/mol. The van der Waals surface area contributed by atoms with Crippen LogP contribution in [0.4, 0.5) is 0 Å². The zero-order valence-electron chi connectivity index (χ0n) is 14.2. The molecule has 1 aromatic carbocycles. The molecule has 0 aliphatic carbocycles. The van der Waals surface area contributed by atoms with Crippen LogP contribution in [0.3, 0.4) is 0 Å². The number of nitrogens with one attached hydrogen (secondary N) is 1. The first-order chi connectivity index (χ1) is 12.6. The van der Waals surface area contributed by atoms with Gasteiger partial charge in [-0.25, -0.2) is 9.78 Å². The second-order valence-electron chi connectivity index (χ2n) is 5.99. The first-order valence-electron chi connectivity index (χ1n) is 8.43. The van der Waals surface area contributed by atoms with Crippen LogP contribution >= 0.6 is 0 Å². The van der Waals surface area contributed by atoms with E-state index in [1.807, 2.05) is 0 Å². The van der Waals surface area contributed by atoms with Crippen molar-refractivity contribution in [3.63, 3.8) is 0 Å². The molecule has 0 bridgehead atoms. The van der Waals surface area contributed by atoms with E-state index in [-0.39, 0.29) is 17.6 Å². The molecule has 7 nitrogen and oxygen atoms in total. The fourth-order valence-corrected chi connectivity index (χ4v) is 2.63. The molecule has 1 fully saturated rings. The van der Waals surface area contributed by atoms with Crippen molar-refractivity contribution in [2.75, 3.05) is 19.8 Å². The normalized spacial score (nSPS) is 16.2. The Kier molecular flexibility index (Phi) is 5.80. The summed E-state index contributed by atoms with van der Waals surface area (Å²) in [6.07, 6.45) is 2.96. The summed E-state index contributed by atoms with van der Waals surface area (Å²) in [6, 6.07) is 9.86. The van der Waals surface area contributed by atoms with Gasteiger partial charge >= 0.3 is 5.97 Å². The van der Waals surface area contributed by atoms with Crippen LogP contribution < -0.4 is 10.1 Å². The molecule has 2 aromatic rings. The van der Waals surface area contributed by atoms with Crippen molar-refractivity contribution < 1.29 is 24.2 Å². The lowest BCUT2D eigenvalue weighted by molar-refractivity contribution is 0.0696. The standard InChI is InChI=1S/C19H20N2O5/c22-18(21-8-5-13-1-3-14(4-2-13)19(23)24)15-6-9-20-17(11-15)26-16-7-10-25-12-16/h1-4,6,9,11,16H,5,7-8,10,12H2,(H,21,22)(H,23,24). The summed E-state index contributed by atoms with van der Waals surface area (Å²) in [6.45, 7) is 1.66. The molecule has 1 aromatic heterocycles. The van der Waals surface area contributed by atoms with Crippen LogP contribution in [-0.4, -0.2) is 47.8 Å².